The molecule has 2 aliphatic rings. The van der Waals surface area contributed by atoms with E-state index in [-0.39, 0.29) is 18.3 Å². The molecule has 2 unspecified atom stereocenters. The minimum atomic E-state index is 0. The molecule has 23 heavy (non-hydrogen) atoms. The molecule has 4 nitrogen and oxygen atoms in total. The van der Waals surface area contributed by atoms with Crippen LogP contribution in [0.1, 0.15) is 31.2 Å². The Bertz CT molecular complexity index is 517. The summed E-state index contributed by atoms with van der Waals surface area (Å²) in [6.07, 6.45) is 5.26. The normalized spacial score (nSPS) is 24.1. The molecule has 0 radical (unpaired) electrons. The van der Waals surface area contributed by atoms with E-state index in [4.69, 9.17) is 4.74 Å². The summed E-state index contributed by atoms with van der Waals surface area (Å²) in [6, 6.07) is 8.48. The number of amides is 1. The number of hydrogen-bond donors (Lipinski definition) is 1. The molecule has 0 aliphatic carbocycles. The summed E-state index contributed by atoms with van der Waals surface area (Å²) in [5.41, 5.74) is 1.21. The zero-order chi connectivity index (χ0) is 15.4. The first kappa shape index (κ1) is 18.1. The van der Waals surface area contributed by atoms with Gasteiger partial charge in [-0.15, -0.1) is 12.4 Å². The second kappa shape index (κ2) is 8.55. The number of likely N-dealkylation sites (tertiary alicyclic amines) is 1. The van der Waals surface area contributed by atoms with Crippen molar-refractivity contribution in [3.8, 4) is 5.75 Å². The van der Waals surface area contributed by atoms with E-state index < -0.39 is 0 Å². The van der Waals surface area contributed by atoms with Crippen molar-refractivity contribution >= 4 is 18.3 Å². The molecule has 2 heterocycles. The number of piperidine rings is 1. The summed E-state index contributed by atoms with van der Waals surface area (Å²) in [7, 11) is 1.71. The van der Waals surface area contributed by atoms with Gasteiger partial charge in [-0.1, -0.05) is 18.2 Å². The van der Waals surface area contributed by atoms with Crippen molar-refractivity contribution in [1.29, 1.82) is 0 Å². The van der Waals surface area contributed by atoms with Crippen molar-refractivity contribution in [3.05, 3.63) is 29.8 Å². The third-order valence-electron chi connectivity index (χ3n) is 4.95. The van der Waals surface area contributed by atoms with Gasteiger partial charge < -0.3 is 15.0 Å². The van der Waals surface area contributed by atoms with Crippen LogP contribution >= 0.6 is 12.4 Å². The lowest BCUT2D eigenvalue weighted by atomic mass is 9.96. The van der Waals surface area contributed by atoms with E-state index in [9.17, 15) is 4.79 Å². The quantitative estimate of drug-likeness (QED) is 0.917. The fourth-order valence-electron chi connectivity index (χ4n) is 3.76. The zero-order valence-corrected chi connectivity index (χ0v) is 14.6. The molecule has 0 bridgehead atoms. The summed E-state index contributed by atoms with van der Waals surface area (Å²) in [5.74, 6) is 1.46. The Balaban J connectivity index is 0.00000192. The molecule has 2 saturated heterocycles. The lowest BCUT2D eigenvalue weighted by Gasteiger charge is -2.31. The van der Waals surface area contributed by atoms with Crippen LogP contribution in [0.3, 0.4) is 0 Å². The number of methoxy groups -OCH3 is 1. The van der Waals surface area contributed by atoms with Crippen LogP contribution in [0, 0.1) is 5.92 Å². The third-order valence-corrected chi connectivity index (χ3v) is 4.95. The molecular weight excluding hydrogens is 312 g/mol. The highest BCUT2D eigenvalue weighted by Gasteiger charge is 2.33. The van der Waals surface area contributed by atoms with E-state index in [0.717, 1.165) is 57.5 Å². The second-order valence-corrected chi connectivity index (χ2v) is 6.39. The highest BCUT2D eigenvalue weighted by Crippen LogP contribution is 2.28. The molecule has 2 fully saturated rings. The van der Waals surface area contributed by atoms with Gasteiger partial charge >= 0.3 is 0 Å². The van der Waals surface area contributed by atoms with E-state index in [1.165, 1.54) is 5.56 Å². The highest BCUT2D eigenvalue weighted by atomic mass is 35.5. The lowest BCUT2D eigenvalue weighted by Crippen LogP contribution is -2.45. The van der Waals surface area contributed by atoms with Crippen molar-refractivity contribution in [3.63, 3.8) is 0 Å². The minimum Gasteiger partial charge on any atom is -0.496 e. The molecule has 1 aromatic carbocycles. The predicted molar refractivity (Wildman–Crippen MR) is 94.3 cm³/mol. The Labute approximate surface area is 145 Å². The lowest BCUT2D eigenvalue weighted by molar-refractivity contribution is -0.136. The molecule has 1 N–H and O–H groups in total. The van der Waals surface area contributed by atoms with E-state index in [1.807, 2.05) is 18.2 Å². The fourth-order valence-corrected chi connectivity index (χ4v) is 3.76. The Morgan fingerprint density at radius 1 is 1.30 bits per heavy atom. The Hall–Kier alpha value is -1.26. The zero-order valence-electron chi connectivity index (χ0n) is 13.8. The first-order valence-corrected chi connectivity index (χ1v) is 8.42. The number of carbonyl (C=O) groups excluding carboxylic acids is 1. The molecule has 5 heteroatoms. The summed E-state index contributed by atoms with van der Waals surface area (Å²) in [6.45, 7) is 2.81. The van der Waals surface area contributed by atoms with Crippen molar-refractivity contribution in [2.75, 3.05) is 26.7 Å². The summed E-state index contributed by atoms with van der Waals surface area (Å²) in [5, 5.41) is 3.35. The van der Waals surface area contributed by atoms with Crippen LogP contribution in [0.4, 0.5) is 0 Å². The van der Waals surface area contributed by atoms with Gasteiger partial charge in [0.15, 0.2) is 0 Å². The highest BCUT2D eigenvalue weighted by molar-refractivity contribution is 5.85. The van der Waals surface area contributed by atoms with Crippen molar-refractivity contribution < 1.29 is 9.53 Å². The van der Waals surface area contributed by atoms with Crippen molar-refractivity contribution in [1.82, 2.24) is 10.2 Å². The smallest absolute Gasteiger partial charge is 0.227 e. The van der Waals surface area contributed by atoms with Gasteiger partial charge in [0.25, 0.3) is 0 Å². The number of halogens is 1. The molecule has 128 valence electrons. The van der Waals surface area contributed by atoms with Crippen LogP contribution < -0.4 is 10.1 Å². The predicted octanol–water partition coefficient (Wildman–Crippen LogP) is 2.65. The first-order valence-electron chi connectivity index (χ1n) is 8.42. The first-order chi connectivity index (χ1) is 10.8. The van der Waals surface area contributed by atoms with Gasteiger partial charge in [-0.2, -0.15) is 0 Å². The molecule has 0 spiro atoms. The molecule has 2 aliphatic heterocycles. The average Bonchev–Trinajstić information content (AvgIpc) is 3.03. The summed E-state index contributed by atoms with van der Waals surface area (Å²) in [4.78, 5) is 14.9. The number of nitrogens with one attached hydrogen (secondary N) is 1. The van der Waals surface area contributed by atoms with Gasteiger partial charge in [-0.05, 0) is 50.3 Å². The number of benzene rings is 1. The number of ether oxygens (including phenoxy) is 1. The van der Waals surface area contributed by atoms with E-state index >= 15 is 0 Å². The molecule has 0 saturated carbocycles. The summed E-state index contributed by atoms with van der Waals surface area (Å²) >= 11 is 0. The van der Waals surface area contributed by atoms with Gasteiger partial charge in [0.1, 0.15) is 5.75 Å². The van der Waals surface area contributed by atoms with Crippen LogP contribution in [0.5, 0.6) is 5.75 Å². The molecule has 2 atom stereocenters. The third kappa shape index (κ3) is 4.18. The van der Waals surface area contributed by atoms with Crippen LogP contribution in [0.25, 0.3) is 0 Å². The number of hydrogen-bond acceptors (Lipinski definition) is 3. The van der Waals surface area contributed by atoms with Gasteiger partial charge in [-0.3, -0.25) is 4.79 Å². The Morgan fingerprint density at radius 3 is 2.87 bits per heavy atom. The van der Waals surface area contributed by atoms with Crippen LogP contribution in [-0.4, -0.2) is 43.6 Å². The number of carbonyl (C=O) groups is 1. The topological polar surface area (TPSA) is 41.6 Å². The molecule has 1 amide bonds. The maximum absolute atomic E-state index is 12.8. The standard InChI is InChI=1S/C18H26N2O2.ClH/c1-22-17-9-3-2-6-14(17)12-16-8-5-11-20(16)18(21)15-7-4-10-19-13-15;/h2-3,6,9,15-16,19H,4-5,7-8,10-13H2,1H3;1H. The van der Waals surface area contributed by atoms with Gasteiger partial charge in [0.05, 0.1) is 13.0 Å². The summed E-state index contributed by atoms with van der Waals surface area (Å²) < 4.78 is 5.45. The Kier molecular flexibility index (Phi) is 6.72. The van der Waals surface area contributed by atoms with Gasteiger partial charge in [0, 0.05) is 19.1 Å². The largest absolute Gasteiger partial charge is 0.496 e. The molecule has 3 rings (SSSR count). The van der Waals surface area contributed by atoms with Crippen LogP contribution in [0.15, 0.2) is 24.3 Å². The SMILES string of the molecule is COc1ccccc1CC1CCCN1C(=O)C1CCCNC1.Cl. The second-order valence-electron chi connectivity index (χ2n) is 6.39. The fraction of sp³-hybridized carbons (Fsp3) is 0.611. The van der Waals surface area contributed by atoms with E-state index in [1.54, 1.807) is 7.11 Å². The molecule has 0 aromatic heterocycles. The molecule has 1 aromatic rings. The molecular formula is C18H27ClN2O2. The van der Waals surface area contributed by atoms with Crippen LogP contribution in [-0.2, 0) is 11.2 Å². The number of para-hydroxylation sites is 1. The van der Waals surface area contributed by atoms with Gasteiger partial charge in [0.2, 0.25) is 5.91 Å². The maximum Gasteiger partial charge on any atom is 0.227 e. The van der Waals surface area contributed by atoms with Crippen LogP contribution in [0.2, 0.25) is 0 Å². The van der Waals surface area contributed by atoms with Crippen molar-refractivity contribution in [2.24, 2.45) is 5.92 Å². The Morgan fingerprint density at radius 2 is 2.13 bits per heavy atom. The minimum absolute atomic E-state index is 0. The number of nitrogens with zero attached hydrogens (tertiary/aromatic N) is 1. The van der Waals surface area contributed by atoms with Crippen molar-refractivity contribution in [2.45, 2.75) is 38.1 Å². The maximum atomic E-state index is 12.8. The average molecular weight is 339 g/mol. The van der Waals surface area contributed by atoms with E-state index in [2.05, 4.69) is 16.3 Å². The monoisotopic (exact) mass is 338 g/mol. The number of rotatable bonds is 4. The van der Waals surface area contributed by atoms with Gasteiger partial charge in [-0.25, -0.2) is 0 Å². The van der Waals surface area contributed by atoms with E-state index in [0.29, 0.717) is 11.9 Å².